The molecular weight excluding hydrogens is 356 g/mol. The molecule has 144 valence electrons. The third-order valence-corrected chi connectivity index (χ3v) is 6.05. The van der Waals surface area contributed by atoms with Gasteiger partial charge in [-0.1, -0.05) is 27.7 Å². The van der Waals surface area contributed by atoms with E-state index in [1.54, 1.807) is 6.07 Å². The Morgan fingerprint density at radius 1 is 1.04 bits per heavy atom. The third kappa shape index (κ3) is 3.99. The van der Waals surface area contributed by atoms with Crippen LogP contribution in [0.1, 0.15) is 39.5 Å². The lowest BCUT2D eigenvalue weighted by Crippen LogP contribution is -2.49. The monoisotopic (exact) mass is 382 g/mol. The fourth-order valence-corrected chi connectivity index (χ4v) is 4.27. The number of piperazine rings is 1. The number of aromatic nitrogens is 2. The van der Waals surface area contributed by atoms with Crippen LogP contribution in [-0.4, -0.2) is 60.5 Å². The first kappa shape index (κ1) is 19.1. The largest absolute Gasteiger partial charge is 0.438 e. The van der Waals surface area contributed by atoms with Crippen molar-refractivity contribution in [1.29, 1.82) is 0 Å². The minimum Gasteiger partial charge on any atom is -0.438 e. The molecule has 0 N–H and O–H groups in total. The molecule has 2 aromatic heterocycles. The van der Waals surface area contributed by atoms with Crippen LogP contribution in [0.2, 0.25) is 0 Å². The highest BCUT2D eigenvalue weighted by Crippen LogP contribution is 2.27. The first-order chi connectivity index (χ1) is 12.3. The molecule has 1 saturated heterocycles. The fourth-order valence-electron chi connectivity index (χ4n) is 2.94. The summed E-state index contributed by atoms with van der Waals surface area (Å²) in [5.74, 6) is 1.60. The van der Waals surface area contributed by atoms with E-state index in [2.05, 4.69) is 28.9 Å². The molecule has 3 heterocycles. The predicted octanol–water partition coefficient (Wildman–Crippen LogP) is 2.42. The van der Waals surface area contributed by atoms with Gasteiger partial charge in [-0.25, -0.2) is 8.42 Å². The molecule has 0 bridgehead atoms. The Balaban J connectivity index is 1.71. The van der Waals surface area contributed by atoms with Gasteiger partial charge in [-0.15, -0.1) is 10.2 Å². The number of hydrogen-bond donors (Lipinski definition) is 0. The van der Waals surface area contributed by atoms with Gasteiger partial charge in [0, 0.05) is 38.6 Å². The number of rotatable bonds is 6. The van der Waals surface area contributed by atoms with Crippen molar-refractivity contribution in [3.8, 4) is 11.7 Å². The van der Waals surface area contributed by atoms with Crippen LogP contribution in [0.5, 0.6) is 0 Å². The van der Waals surface area contributed by atoms with Gasteiger partial charge in [-0.2, -0.15) is 4.31 Å². The fraction of sp³-hybridized carbons (Fsp3) is 0.647. The van der Waals surface area contributed by atoms with Crippen molar-refractivity contribution in [2.45, 2.75) is 38.7 Å². The van der Waals surface area contributed by atoms with Gasteiger partial charge in [0.2, 0.25) is 11.0 Å². The van der Waals surface area contributed by atoms with Crippen molar-refractivity contribution in [3.63, 3.8) is 0 Å². The first-order valence-corrected chi connectivity index (χ1v) is 10.4. The molecule has 0 radical (unpaired) electrons. The predicted molar refractivity (Wildman–Crippen MR) is 96.1 cm³/mol. The molecule has 8 nitrogen and oxygen atoms in total. The summed E-state index contributed by atoms with van der Waals surface area (Å²) < 4.78 is 38.2. The van der Waals surface area contributed by atoms with E-state index in [4.69, 9.17) is 8.83 Å². The number of furan rings is 1. The summed E-state index contributed by atoms with van der Waals surface area (Å²) in [5.41, 5.74) is 0. The van der Waals surface area contributed by atoms with E-state index in [0.717, 1.165) is 19.6 Å². The average molecular weight is 382 g/mol. The van der Waals surface area contributed by atoms with Crippen molar-refractivity contribution in [2.24, 2.45) is 5.92 Å². The van der Waals surface area contributed by atoms with E-state index < -0.39 is 10.0 Å². The number of hydrogen-bond acceptors (Lipinski definition) is 7. The zero-order valence-corrected chi connectivity index (χ0v) is 16.5. The Labute approximate surface area is 154 Å². The van der Waals surface area contributed by atoms with E-state index in [9.17, 15) is 8.42 Å². The first-order valence-electron chi connectivity index (χ1n) is 8.93. The molecule has 0 unspecified atom stereocenters. The van der Waals surface area contributed by atoms with Gasteiger partial charge in [-0.3, -0.25) is 0 Å². The van der Waals surface area contributed by atoms with Gasteiger partial charge in [-0.05, 0) is 18.1 Å². The van der Waals surface area contributed by atoms with Gasteiger partial charge in [0.25, 0.3) is 15.9 Å². The maximum absolute atomic E-state index is 12.8. The zero-order valence-electron chi connectivity index (χ0n) is 15.7. The van der Waals surface area contributed by atoms with Crippen LogP contribution in [0.4, 0.5) is 0 Å². The van der Waals surface area contributed by atoms with E-state index in [1.165, 1.54) is 10.4 Å². The van der Waals surface area contributed by atoms with Crippen LogP contribution in [0.3, 0.4) is 0 Å². The van der Waals surface area contributed by atoms with E-state index >= 15 is 0 Å². The maximum atomic E-state index is 12.8. The van der Waals surface area contributed by atoms with Crippen molar-refractivity contribution >= 4 is 10.0 Å². The minimum atomic E-state index is -3.66. The van der Waals surface area contributed by atoms with Gasteiger partial charge in [0.05, 0.1) is 0 Å². The van der Waals surface area contributed by atoms with Crippen LogP contribution in [0.15, 0.2) is 26.1 Å². The van der Waals surface area contributed by atoms with Crippen molar-refractivity contribution in [2.75, 3.05) is 32.7 Å². The molecule has 0 saturated carbocycles. The van der Waals surface area contributed by atoms with Gasteiger partial charge >= 0.3 is 0 Å². The molecule has 2 aromatic rings. The summed E-state index contributed by atoms with van der Waals surface area (Å²) in [7, 11) is -3.66. The topological polar surface area (TPSA) is 92.7 Å². The van der Waals surface area contributed by atoms with Crippen LogP contribution in [0.25, 0.3) is 11.7 Å². The van der Waals surface area contributed by atoms with Crippen molar-refractivity contribution in [1.82, 2.24) is 19.4 Å². The van der Waals surface area contributed by atoms with Crippen molar-refractivity contribution < 1.29 is 17.3 Å². The number of sulfonamides is 1. The normalized spacial score (nSPS) is 17.5. The molecule has 1 aliphatic rings. The second-order valence-electron chi connectivity index (χ2n) is 7.32. The Morgan fingerprint density at radius 3 is 2.31 bits per heavy atom. The molecule has 0 amide bonds. The molecule has 1 aliphatic heterocycles. The smallest absolute Gasteiger partial charge is 0.283 e. The summed E-state index contributed by atoms with van der Waals surface area (Å²) in [6, 6.07) is 3.00. The lowest BCUT2D eigenvalue weighted by Gasteiger charge is -2.34. The molecular formula is C17H26N4O4S. The lowest BCUT2D eigenvalue weighted by atomic mass is 10.2. The molecule has 3 rings (SSSR count). The van der Waals surface area contributed by atoms with Gasteiger partial charge in [0.15, 0.2) is 5.76 Å². The van der Waals surface area contributed by atoms with Crippen LogP contribution in [-0.2, 0) is 10.0 Å². The molecule has 0 spiro atoms. The van der Waals surface area contributed by atoms with Crippen LogP contribution >= 0.6 is 0 Å². The van der Waals surface area contributed by atoms with E-state index in [-0.39, 0.29) is 22.7 Å². The number of nitrogens with zero attached hydrogens (tertiary/aromatic N) is 4. The Morgan fingerprint density at radius 2 is 1.73 bits per heavy atom. The highest BCUT2D eigenvalue weighted by Gasteiger charge is 2.31. The minimum absolute atomic E-state index is 0.0888. The lowest BCUT2D eigenvalue weighted by molar-refractivity contribution is 0.171. The molecule has 0 aliphatic carbocycles. The van der Waals surface area contributed by atoms with E-state index in [1.807, 2.05) is 13.8 Å². The second-order valence-corrected chi connectivity index (χ2v) is 9.19. The second kappa shape index (κ2) is 7.50. The molecule has 0 aromatic carbocycles. The summed E-state index contributed by atoms with van der Waals surface area (Å²) >= 11 is 0. The van der Waals surface area contributed by atoms with E-state index in [0.29, 0.717) is 24.9 Å². The standard InChI is InChI=1S/C17H26N4O4S/c1-12(2)11-20-7-9-21(10-8-20)26(22,23)15-6-5-14(24-15)17-19-18-16(25-17)13(3)4/h5-6,12-13H,7-11H2,1-4H3. The van der Waals surface area contributed by atoms with Gasteiger partial charge in [0.1, 0.15) is 0 Å². The highest BCUT2D eigenvalue weighted by molar-refractivity contribution is 7.89. The van der Waals surface area contributed by atoms with Crippen LogP contribution < -0.4 is 0 Å². The van der Waals surface area contributed by atoms with Crippen molar-refractivity contribution in [3.05, 3.63) is 18.0 Å². The van der Waals surface area contributed by atoms with Crippen LogP contribution in [0, 0.1) is 5.92 Å². The molecule has 26 heavy (non-hydrogen) atoms. The SMILES string of the molecule is CC(C)CN1CCN(S(=O)(=O)c2ccc(-c3nnc(C(C)C)o3)o2)CC1. The molecule has 9 heteroatoms. The molecule has 0 atom stereocenters. The third-order valence-electron chi connectivity index (χ3n) is 4.28. The quantitative estimate of drug-likeness (QED) is 0.757. The highest BCUT2D eigenvalue weighted by atomic mass is 32.2. The summed E-state index contributed by atoms with van der Waals surface area (Å²) in [6.07, 6.45) is 0. The molecule has 1 fully saturated rings. The van der Waals surface area contributed by atoms with Gasteiger partial charge < -0.3 is 13.7 Å². The summed E-state index contributed by atoms with van der Waals surface area (Å²) in [4.78, 5) is 2.29. The Hall–Kier alpha value is -1.71. The average Bonchev–Trinajstić information content (AvgIpc) is 3.24. The Bertz CT molecular complexity index is 833. The summed E-state index contributed by atoms with van der Waals surface area (Å²) in [6.45, 7) is 11.6. The Kier molecular flexibility index (Phi) is 5.50. The summed E-state index contributed by atoms with van der Waals surface area (Å²) in [5, 5.41) is 7.78. The zero-order chi connectivity index (χ0) is 18.9. The maximum Gasteiger partial charge on any atom is 0.283 e.